The molecule has 0 saturated carbocycles. The van der Waals surface area contributed by atoms with E-state index in [4.69, 9.17) is 0 Å². The van der Waals surface area contributed by atoms with Crippen molar-refractivity contribution in [3.8, 4) is 0 Å². The van der Waals surface area contributed by atoms with E-state index in [9.17, 15) is 14.0 Å². The van der Waals surface area contributed by atoms with E-state index < -0.39 is 5.92 Å². The van der Waals surface area contributed by atoms with Crippen molar-refractivity contribution in [2.75, 3.05) is 11.9 Å². The molecule has 24 heavy (non-hydrogen) atoms. The van der Waals surface area contributed by atoms with E-state index in [1.165, 1.54) is 11.0 Å². The van der Waals surface area contributed by atoms with Crippen molar-refractivity contribution in [3.05, 3.63) is 65.5 Å². The number of nitrogens with one attached hydrogen (secondary N) is 1. The molecule has 4 nitrogen and oxygen atoms in total. The van der Waals surface area contributed by atoms with Crippen molar-refractivity contribution in [1.29, 1.82) is 0 Å². The van der Waals surface area contributed by atoms with E-state index in [1.54, 1.807) is 18.2 Å². The Bertz CT molecular complexity index is 758. The molecule has 1 aliphatic heterocycles. The van der Waals surface area contributed by atoms with Crippen LogP contribution in [0.15, 0.2) is 48.5 Å². The molecule has 2 aromatic carbocycles. The van der Waals surface area contributed by atoms with Crippen molar-refractivity contribution in [1.82, 2.24) is 4.90 Å². The highest BCUT2D eigenvalue weighted by Crippen LogP contribution is 2.22. The van der Waals surface area contributed by atoms with Crippen LogP contribution < -0.4 is 5.32 Å². The summed E-state index contributed by atoms with van der Waals surface area (Å²) >= 11 is 0. The van der Waals surface area contributed by atoms with Gasteiger partial charge in [-0.15, -0.1) is 0 Å². The van der Waals surface area contributed by atoms with Gasteiger partial charge in [0.05, 0.1) is 5.92 Å². The summed E-state index contributed by atoms with van der Waals surface area (Å²) < 4.78 is 13.7. The second kappa shape index (κ2) is 6.83. The van der Waals surface area contributed by atoms with Crippen LogP contribution in [0.1, 0.15) is 17.5 Å². The molecule has 1 saturated heterocycles. The van der Waals surface area contributed by atoms with Gasteiger partial charge in [0, 0.05) is 30.8 Å². The Balaban J connectivity index is 1.62. The summed E-state index contributed by atoms with van der Waals surface area (Å²) in [5.74, 6) is -1.05. The van der Waals surface area contributed by atoms with Crippen molar-refractivity contribution in [2.45, 2.75) is 19.9 Å². The molecule has 5 heteroatoms. The van der Waals surface area contributed by atoms with Gasteiger partial charge in [-0.3, -0.25) is 9.59 Å². The van der Waals surface area contributed by atoms with Gasteiger partial charge in [0.25, 0.3) is 0 Å². The first-order chi connectivity index (χ1) is 11.5. The van der Waals surface area contributed by atoms with Gasteiger partial charge in [-0.05, 0) is 25.1 Å². The molecule has 0 radical (unpaired) electrons. The summed E-state index contributed by atoms with van der Waals surface area (Å²) in [6.07, 6.45) is 0.159. The second-order valence-electron chi connectivity index (χ2n) is 6.12. The Labute approximate surface area is 140 Å². The Kier molecular flexibility index (Phi) is 4.60. The van der Waals surface area contributed by atoms with E-state index >= 15 is 0 Å². The monoisotopic (exact) mass is 326 g/mol. The number of rotatable bonds is 4. The number of carbonyl (C=O) groups is 2. The third-order valence-corrected chi connectivity index (χ3v) is 4.22. The van der Waals surface area contributed by atoms with Crippen molar-refractivity contribution >= 4 is 17.5 Å². The molecule has 124 valence electrons. The molecule has 1 heterocycles. The average Bonchev–Trinajstić information content (AvgIpc) is 2.93. The van der Waals surface area contributed by atoms with Crippen LogP contribution >= 0.6 is 0 Å². The van der Waals surface area contributed by atoms with Crippen LogP contribution in [-0.4, -0.2) is 23.3 Å². The quantitative estimate of drug-likeness (QED) is 0.938. The van der Waals surface area contributed by atoms with E-state index in [-0.39, 0.29) is 30.6 Å². The van der Waals surface area contributed by atoms with Crippen molar-refractivity contribution in [2.24, 2.45) is 5.92 Å². The maximum absolute atomic E-state index is 13.7. The number of carbonyl (C=O) groups excluding carboxylic acids is 2. The first-order valence-electron chi connectivity index (χ1n) is 7.91. The summed E-state index contributed by atoms with van der Waals surface area (Å²) in [6.45, 7) is 2.48. The minimum absolute atomic E-state index is 0.123. The Morgan fingerprint density at radius 1 is 1.21 bits per heavy atom. The zero-order chi connectivity index (χ0) is 17.1. The fourth-order valence-electron chi connectivity index (χ4n) is 2.81. The molecular weight excluding hydrogens is 307 g/mol. The first kappa shape index (κ1) is 16.2. The SMILES string of the molecule is Cc1ccc(NC(=O)C2CC(=O)N(Cc3ccccc3F)C2)cc1. The lowest BCUT2D eigenvalue weighted by Crippen LogP contribution is -2.28. The highest BCUT2D eigenvalue weighted by molar-refractivity contribution is 5.97. The molecule has 1 aliphatic rings. The maximum Gasteiger partial charge on any atom is 0.229 e. The highest BCUT2D eigenvalue weighted by Gasteiger charge is 2.34. The third-order valence-electron chi connectivity index (χ3n) is 4.22. The zero-order valence-corrected chi connectivity index (χ0v) is 13.5. The highest BCUT2D eigenvalue weighted by atomic mass is 19.1. The van der Waals surface area contributed by atoms with Crippen LogP contribution in [0.3, 0.4) is 0 Å². The van der Waals surface area contributed by atoms with E-state index in [0.29, 0.717) is 17.8 Å². The molecule has 1 N–H and O–H groups in total. The average molecular weight is 326 g/mol. The van der Waals surface area contributed by atoms with E-state index in [2.05, 4.69) is 5.32 Å². The number of nitrogens with zero attached hydrogens (tertiary/aromatic N) is 1. The molecule has 2 aromatic rings. The number of hydrogen-bond donors (Lipinski definition) is 1. The molecule has 1 fully saturated rings. The van der Waals surface area contributed by atoms with Gasteiger partial charge in [-0.25, -0.2) is 4.39 Å². The van der Waals surface area contributed by atoms with Crippen molar-refractivity contribution in [3.63, 3.8) is 0 Å². The molecule has 0 spiro atoms. The van der Waals surface area contributed by atoms with Gasteiger partial charge >= 0.3 is 0 Å². The minimum atomic E-state index is -0.412. The number of anilines is 1. The summed E-state index contributed by atoms with van der Waals surface area (Å²) in [7, 11) is 0. The van der Waals surface area contributed by atoms with Gasteiger partial charge in [0.15, 0.2) is 0 Å². The Morgan fingerprint density at radius 2 is 1.92 bits per heavy atom. The zero-order valence-electron chi connectivity index (χ0n) is 13.5. The van der Waals surface area contributed by atoms with Gasteiger partial charge in [0.2, 0.25) is 11.8 Å². The van der Waals surface area contributed by atoms with Crippen LogP contribution in [0.25, 0.3) is 0 Å². The lowest BCUT2D eigenvalue weighted by molar-refractivity contribution is -0.128. The summed E-state index contributed by atoms with van der Waals surface area (Å²) in [5, 5.41) is 2.84. The number of benzene rings is 2. The normalized spacial score (nSPS) is 17.2. The molecule has 1 unspecified atom stereocenters. The smallest absolute Gasteiger partial charge is 0.229 e. The predicted octanol–water partition coefficient (Wildman–Crippen LogP) is 3.12. The Morgan fingerprint density at radius 3 is 2.62 bits per heavy atom. The largest absolute Gasteiger partial charge is 0.337 e. The number of aryl methyl sites for hydroxylation is 1. The van der Waals surface area contributed by atoms with Gasteiger partial charge in [0.1, 0.15) is 5.82 Å². The minimum Gasteiger partial charge on any atom is -0.337 e. The van der Waals surface area contributed by atoms with Crippen LogP contribution in [0.4, 0.5) is 10.1 Å². The number of likely N-dealkylation sites (tertiary alicyclic amines) is 1. The fraction of sp³-hybridized carbons (Fsp3) is 0.263. The molecule has 0 aliphatic carbocycles. The maximum atomic E-state index is 13.7. The molecule has 2 amide bonds. The van der Waals surface area contributed by atoms with Gasteiger partial charge in [-0.2, -0.15) is 0 Å². The van der Waals surface area contributed by atoms with Crippen molar-refractivity contribution < 1.29 is 14.0 Å². The topological polar surface area (TPSA) is 49.4 Å². The second-order valence-corrected chi connectivity index (χ2v) is 6.12. The summed E-state index contributed by atoms with van der Waals surface area (Å²) in [6, 6.07) is 13.9. The molecule has 0 bridgehead atoms. The van der Waals surface area contributed by atoms with Crippen LogP contribution in [0.2, 0.25) is 0 Å². The molecule has 1 atom stereocenters. The molecule has 0 aromatic heterocycles. The van der Waals surface area contributed by atoms with Gasteiger partial charge < -0.3 is 10.2 Å². The number of hydrogen-bond acceptors (Lipinski definition) is 2. The van der Waals surface area contributed by atoms with Crippen LogP contribution in [0.5, 0.6) is 0 Å². The van der Waals surface area contributed by atoms with E-state index in [1.807, 2.05) is 31.2 Å². The third kappa shape index (κ3) is 3.62. The predicted molar refractivity (Wildman–Crippen MR) is 89.7 cm³/mol. The summed E-state index contributed by atoms with van der Waals surface area (Å²) in [5.41, 5.74) is 2.29. The van der Waals surface area contributed by atoms with Crippen LogP contribution in [-0.2, 0) is 16.1 Å². The number of amides is 2. The molecule has 3 rings (SSSR count). The first-order valence-corrected chi connectivity index (χ1v) is 7.91. The fourth-order valence-corrected chi connectivity index (χ4v) is 2.81. The number of halogens is 1. The lowest BCUT2D eigenvalue weighted by Gasteiger charge is -2.17. The van der Waals surface area contributed by atoms with Crippen LogP contribution in [0, 0.1) is 18.7 Å². The Hall–Kier alpha value is -2.69. The summed E-state index contributed by atoms with van der Waals surface area (Å²) in [4.78, 5) is 26.0. The van der Waals surface area contributed by atoms with Gasteiger partial charge in [-0.1, -0.05) is 35.9 Å². The lowest BCUT2D eigenvalue weighted by atomic mass is 10.1. The standard InChI is InChI=1S/C19H19FN2O2/c1-13-6-8-16(9-7-13)21-19(24)15-10-18(23)22(12-15)11-14-4-2-3-5-17(14)20/h2-9,15H,10-12H2,1H3,(H,21,24). The van der Waals surface area contributed by atoms with E-state index in [0.717, 1.165) is 5.56 Å². The molecular formula is C19H19FN2O2.